The molecule has 1 aromatic rings. The molecule has 2 atom stereocenters. The second-order valence-electron chi connectivity index (χ2n) is 4.25. The highest BCUT2D eigenvalue weighted by atomic mass is 127. The lowest BCUT2D eigenvalue weighted by molar-refractivity contribution is 0.219. The van der Waals surface area contributed by atoms with Crippen LogP contribution < -0.4 is 4.72 Å². The van der Waals surface area contributed by atoms with E-state index in [1.807, 2.05) is 13.8 Å². The summed E-state index contributed by atoms with van der Waals surface area (Å²) in [6, 6.07) is 6.17. The van der Waals surface area contributed by atoms with Crippen molar-refractivity contribution in [2.75, 3.05) is 6.61 Å². The Bertz CT molecular complexity index is 473. The van der Waals surface area contributed by atoms with E-state index in [-0.39, 0.29) is 17.4 Å². The summed E-state index contributed by atoms with van der Waals surface area (Å²) in [5.74, 6) is 0.0913. The Morgan fingerprint density at radius 1 is 1.33 bits per heavy atom. The van der Waals surface area contributed by atoms with Crippen molar-refractivity contribution in [1.82, 2.24) is 4.72 Å². The first-order valence-corrected chi connectivity index (χ1v) is 8.35. The first-order chi connectivity index (χ1) is 8.40. The molecule has 2 unspecified atom stereocenters. The maximum Gasteiger partial charge on any atom is 0.240 e. The number of hydrogen-bond donors (Lipinski definition) is 2. The number of aliphatic hydroxyl groups is 1. The summed E-state index contributed by atoms with van der Waals surface area (Å²) in [5.41, 5.74) is 0. The zero-order valence-corrected chi connectivity index (χ0v) is 13.4. The SMILES string of the molecule is CCC(C)C(CO)NS(=O)(=O)c1ccc(I)cc1. The largest absolute Gasteiger partial charge is 0.395 e. The molecule has 0 bridgehead atoms. The van der Waals surface area contributed by atoms with E-state index in [9.17, 15) is 13.5 Å². The Labute approximate surface area is 122 Å². The van der Waals surface area contributed by atoms with Gasteiger partial charge < -0.3 is 5.11 Å². The Balaban J connectivity index is 2.90. The predicted molar refractivity (Wildman–Crippen MR) is 79.8 cm³/mol. The highest BCUT2D eigenvalue weighted by molar-refractivity contribution is 14.1. The number of nitrogens with one attached hydrogen (secondary N) is 1. The molecule has 0 aliphatic heterocycles. The molecule has 0 aromatic heterocycles. The van der Waals surface area contributed by atoms with Gasteiger partial charge in [-0.25, -0.2) is 13.1 Å². The minimum Gasteiger partial charge on any atom is -0.395 e. The highest BCUT2D eigenvalue weighted by Crippen LogP contribution is 2.15. The number of hydrogen-bond acceptors (Lipinski definition) is 3. The summed E-state index contributed by atoms with van der Waals surface area (Å²) in [4.78, 5) is 0.227. The number of halogens is 1. The van der Waals surface area contributed by atoms with Crippen LogP contribution in [-0.4, -0.2) is 26.2 Å². The van der Waals surface area contributed by atoms with E-state index in [1.54, 1.807) is 24.3 Å². The first kappa shape index (κ1) is 15.9. The molecule has 0 fully saturated rings. The topological polar surface area (TPSA) is 66.4 Å². The quantitative estimate of drug-likeness (QED) is 0.739. The van der Waals surface area contributed by atoms with Gasteiger partial charge in [0, 0.05) is 9.61 Å². The minimum atomic E-state index is -3.56. The molecule has 0 spiro atoms. The fourth-order valence-electron chi connectivity index (χ4n) is 1.50. The van der Waals surface area contributed by atoms with Crippen molar-refractivity contribution in [1.29, 1.82) is 0 Å². The van der Waals surface area contributed by atoms with E-state index >= 15 is 0 Å². The molecule has 1 rings (SSSR count). The van der Waals surface area contributed by atoms with E-state index < -0.39 is 16.1 Å². The zero-order chi connectivity index (χ0) is 13.8. The molecule has 0 radical (unpaired) electrons. The Morgan fingerprint density at radius 3 is 2.33 bits per heavy atom. The van der Waals surface area contributed by atoms with E-state index in [2.05, 4.69) is 27.3 Å². The van der Waals surface area contributed by atoms with Gasteiger partial charge in [-0.1, -0.05) is 20.3 Å². The molecular formula is C12H18INO3S. The van der Waals surface area contributed by atoms with E-state index in [4.69, 9.17) is 0 Å². The molecule has 0 saturated heterocycles. The third kappa shape index (κ3) is 4.18. The summed E-state index contributed by atoms with van der Waals surface area (Å²) in [7, 11) is -3.56. The molecule has 6 heteroatoms. The van der Waals surface area contributed by atoms with Crippen LogP contribution in [0.25, 0.3) is 0 Å². The maximum atomic E-state index is 12.1. The Morgan fingerprint density at radius 2 is 1.89 bits per heavy atom. The van der Waals surface area contributed by atoms with Crippen LogP contribution in [0.2, 0.25) is 0 Å². The Kier molecular flexibility index (Phi) is 6.03. The van der Waals surface area contributed by atoms with Crippen molar-refractivity contribution in [3.05, 3.63) is 27.8 Å². The lowest BCUT2D eigenvalue weighted by Gasteiger charge is -2.21. The number of benzene rings is 1. The van der Waals surface area contributed by atoms with Gasteiger partial charge in [-0.15, -0.1) is 0 Å². The van der Waals surface area contributed by atoms with Crippen LogP contribution in [-0.2, 0) is 10.0 Å². The normalized spacial score (nSPS) is 15.3. The summed E-state index contributed by atoms with van der Waals surface area (Å²) in [6.45, 7) is 3.68. The molecule has 0 heterocycles. The standard InChI is InChI=1S/C12H18INO3S/c1-3-9(2)12(8-15)14-18(16,17)11-6-4-10(13)5-7-11/h4-7,9,12,14-15H,3,8H2,1-2H3. The van der Waals surface area contributed by atoms with Crippen molar-refractivity contribution >= 4 is 32.6 Å². The molecular weight excluding hydrogens is 365 g/mol. The minimum absolute atomic E-state index is 0.0913. The first-order valence-electron chi connectivity index (χ1n) is 5.79. The van der Waals surface area contributed by atoms with Crippen molar-refractivity contribution in [2.24, 2.45) is 5.92 Å². The summed E-state index contributed by atoms with van der Waals surface area (Å²) < 4.78 is 27.7. The monoisotopic (exact) mass is 383 g/mol. The van der Waals surface area contributed by atoms with Crippen molar-refractivity contribution < 1.29 is 13.5 Å². The molecule has 0 aliphatic rings. The van der Waals surface area contributed by atoms with Gasteiger partial charge in [0.2, 0.25) is 10.0 Å². The van der Waals surface area contributed by atoms with Gasteiger partial charge in [-0.3, -0.25) is 0 Å². The summed E-state index contributed by atoms with van der Waals surface area (Å²) >= 11 is 2.12. The molecule has 18 heavy (non-hydrogen) atoms. The van der Waals surface area contributed by atoms with Crippen LogP contribution in [0.1, 0.15) is 20.3 Å². The van der Waals surface area contributed by atoms with Crippen molar-refractivity contribution in [3.63, 3.8) is 0 Å². The average molecular weight is 383 g/mol. The highest BCUT2D eigenvalue weighted by Gasteiger charge is 2.22. The molecule has 2 N–H and O–H groups in total. The van der Waals surface area contributed by atoms with Crippen LogP contribution >= 0.6 is 22.6 Å². The van der Waals surface area contributed by atoms with Crippen LogP contribution in [0.15, 0.2) is 29.2 Å². The zero-order valence-electron chi connectivity index (χ0n) is 10.4. The van der Waals surface area contributed by atoms with Crippen molar-refractivity contribution in [2.45, 2.75) is 31.2 Å². The fourth-order valence-corrected chi connectivity index (χ4v) is 3.19. The summed E-state index contributed by atoms with van der Waals surface area (Å²) in [5, 5.41) is 9.25. The molecule has 102 valence electrons. The van der Waals surface area contributed by atoms with Gasteiger partial charge >= 0.3 is 0 Å². The second kappa shape index (κ2) is 6.83. The molecule has 0 amide bonds. The number of sulfonamides is 1. The summed E-state index contributed by atoms with van der Waals surface area (Å²) in [6.07, 6.45) is 0.806. The third-order valence-corrected chi connectivity index (χ3v) is 5.18. The van der Waals surface area contributed by atoms with Gasteiger partial charge in [0.15, 0.2) is 0 Å². The molecule has 0 saturated carbocycles. The second-order valence-corrected chi connectivity index (χ2v) is 7.21. The van der Waals surface area contributed by atoms with Gasteiger partial charge in [0.25, 0.3) is 0 Å². The average Bonchev–Trinajstić information content (AvgIpc) is 2.35. The number of rotatable bonds is 6. The molecule has 0 aliphatic carbocycles. The van der Waals surface area contributed by atoms with E-state index in [0.717, 1.165) is 9.99 Å². The van der Waals surface area contributed by atoms with Gasteiger partial charge in [0.05, 0.1) is 11.5 Å². The van der Waals surface area contributed by atoms with Crippen LogP contribution in [0.3, 0.4) is 0 Å². The van der Waals surface area contributed by atoms with E-state index in [1.165, 1.54) is 0 Å². The third-order valence-electron chi connectivity index (χ3n) is 2.96. The molecule has 1 aromatic carbocycles. The molecule has 4 nitrogen and oxygen atoms in total. The fraction of sp³-hybridized carbons (Fsp3) is 0.500. The van der Waals surface area contributed by atoms with Gasteiger partial charge in [-0.2, -0.15) is 0 Å². The lowest BCUT2D eigenvalue weighted by atomic mass is 10.0. The maximum absolute atomic E-state index is 12.1. The van der Waals surface area contributed by atoms with Crippen molar-refractivity contribution in [3.8, 4) is 0 Å². The number of aliphatic hydroxyl groups excluding tert-OH is 1. The van der Waals surface area contributed by atoms with Crippen LogP contribution in [0.4, 0.5) is 0 Å². The smallest absolute Gasteiger partial charge is 0.240 e. The van der Waals surface area contributed by atoms with Crippen LogP contribution in [0, 0.1) is 9.49 Å². The van der Waals surface area contributed by atoms with E-state index in [0.29, 0.717) is 0 Å². The lowest BCUT2D eigenvalue weighted by Crippen LogP contribution is -2.41. The Hall–Kier alpha value is -0.180. The van der Waals surface area contributed by atoms with Gasteiger partial charge in [0.1, 0.15) is 0 Å². The van der Waals surface area contributed by atoms with Gasteiger partial charge in [-0.05, 0) is 52.8 Å². The predicted octanol–water partition coefficient (Wildman–Crippen LogP) is 1.98. The van der Waals surface area contributed by atoms with Crippen LogP contribution in [0.5, 0.6) is 0 Å².